The summed E-state index contributed by atoms with van der Waals surface area (Å²) in [6, 6.07) is 8.81. The zero-order chi connectivity index (χ0) is 20.2. The van der Waals surface area contributed by atoms with Crippen molar-refractivity contribution in [3.63, 3.8) is 0 Å². The summed E-state index contributed by atoms with van der Waals surface area (Å²) in [6.45, 7) is 5.49. The number of piperidine rings is 1. The molecule has 2 aliphatic rings. The molecule has 1 amide bonds. The summed E-state index contributed by atoms with van der Waals surface area (Å²) in [5, 5.41) is 4.57. The smallest absolute Gasteiger partial charge is 0.227 e. The van der Waals surface area contributed by atoms with E-state index >= 15 is 0 Å². The second-order valence-electron chi connectivity index (χ2n) is 8.37. The van der Waals surface area contributed by atoms with Gasteiger partial charge in [-0.1, -0.05) is 12.1 Å². The van der Waals surface area contributed by atoms with Crippen LogP contribution in [0.25, 0.3) is 10.9 Å². The highest BCUT2D eigenvalue weighted by atomic mass is 16.2. The molecule has 29 heavy (non-hydrogen) atoms. The molecule has 0 saturated carbocycles. The molecular weight excluding hydrogens is 362 g/mol. The van der Waals surface area contributed by atoms with Crippen molar-refractivity contribution in [1.29, 1.82) is 0 Å². The van der Waals surface area contributed by atoms with Gasteiger partial charge in [-0.15, -0.1) is 0 Å². The van der Waals surface area contributed by atoms with Crippen molar-refractivity contribution in [2.24, 2.45) is 16.6 Å². The largest absolute Gasteiger partial charge is 0.384 e. The van der Waals surface area contributed by atoms with E-state index in [1.807, 2.05) is 13.0 Å². The first-order chi connectivity index (χ1) is 14.2. The molecule has 1 aromatic carbocycles. The Balaban J connectivity index is 1.40. The molecule has 2 aliphatic heterocycles. The Morgan fingerprint density at radius 3 is 2.97 bits per heavy atom. The summed E-state index contributed by atoms with van der Waals surface area (Å²) in [5.74, 6) is 1.13. The van der Waals surface area contributed by atoms with Crippen LogP contribution in [0.15, 0.2) is 29.3 Å². The number of rotatable bonds is 6. The standard InChI is InChI=1S/C23H33N5O/c1-2-26-22(24)17-8-7-16-13-19(27-21(16)14-17)9-10-20-6-4-12-28(20)23(29)18-5-3-11-25-15-18/h7-8,13-14,18,20,25,27H,2-6,9-12,15H2,1H3,(H2,24,26)/t18-,20?/m0/s1. The molecule has 2 saturated heterocycles. The van der Waals surface area contributed by atoms with Gasteiger partial charge in [0.2, 0.25) is 5.91 Å². The molecule has 6 heteroatoms. The van der Waals surface area contributed by atoms with Crippen molar-refractivity contribution in [1.82, 2.24) is 15.2 Å². The number of amides is 1. The highest BCUT2D eigenvalue weighted by Crippen LogP contribution is 2.26. The molecule has 4 N–H and O–H groups in total. The van der Waals surface area contributed by atoms with E-state index in [-0.39, 0.29) is 5.92 Å². The van der Waals surface area contributed by atoms with Gasteiger partial charge in [-0.2, -0.15) is 0 Å². The van der Waals surface area contributed by atoms with Crippen molar-refractivity contribution in [2.45, 2.75) is 51.5 Å². The van der Waals surface area contributed by atoms with E-state index in [2.05, 4.69) is 38.4 Å². The van der Waals surface area contributed by atoms with Crippen LogP contribution in [0.2, 0.25) is 0 Å². The van der Waals surface area contributed by atoms with Crippen LogP contribution in [-0.4, -0.2) is 53.8 Å². The van der Waals surface area contributed by atoms with E-state index in [9.17, 15) is 4.79 Å². The number of amidine groups is 1. The molecule has 0 spiro atoms. The van der Waals surface area contributed by atoms with Crippen molar-refractivity contribution in [2.75, 3.05) is 26.2 Å². The molecular formula is C23H33N5O. The number of H-pyrrole nitrogens is 1. The minimum absolute atomic E-state index is 0.172. The average molecular weight is 396 g/mol. The SMILES string of the molecule is CCN=C(N)c1ccc2cc(CCC3CCCN3C(=O)[C@H]3CCCNC3)[nH]c2c1. The maximum Gasteiger partial charge on any atom is 0.227 e. The van der Waals surface area contributed by atoms with Gasteiger partial charge in [0, 0.05) is 42.5 Å². The van der Waals surface area contributed by atoms with Crippen LogP contribution in [0.1, 0.15) is 50.3 Å². The van der Waals surface area contributed by atoms with Crippen molar-refractivity contribution in [3.05, 3.63) is 35.5 Å². The van der Waals surface area contributed by atoms with Crippen LogP contribution in [0.5, 0.6) is 0 Å². The molecule has 2 aromatic rings. The third kappa shape index (κ3) is 4.47. The number of aromatic nitrogens is 1. The molecule has 6 nitrogen and oxygen atoms in total. The van der Waals surface area contributed by atoms with Gasteiger partial charge in [0.05, 0.1) is 5.92 Å². The van der Waals surface area contributed by atoms with E-state index in [1.54, 1.807) is 0 Å². The quantitative estimate of drug-likeness (QED) is 0.519. The van der Waals surface area contributed by atoms with Crippen molar-refractivity contribution >= 4 is 22.6 Å². The maximum atomic E-state index is 13.0. The van der Waals surface area contributed by atoms with Gasteiger partial charge in [0.1, 0.15) is 5.84 Å². The molecule has 1 unspecified atom stereocenters. The van der Waals surface area contributed by atoms with E-state index in [0.717, 1.165) is 69.2 Å². The number of nitrogens with zero attached hydrogens (tertiary/aromatic N) is 2. The molecule has 0 bridgehead atoms. The third-order valence-corrected chi connectivity index (χ3v) is 6.36. The van der Waals surface area contributed by atoms with E-state index < -0.39 is 0 Å². The number of aryl methyl sites for hydroxylation is 1. The summed E-state index contributed by atoms with van der Waals surface area (Å²) < 4.78 is 0. The second-order valence-corrected chi connectivity index (χ2v) is 8.37. The number of hydrogen-bond donors (Lipinski definition) is 3. The van der Waals surface area contributed by atoms with E-state index in [1.165, 1.54) is 11.1 Å². The molecule has 156 valence electrons. The zero-order valence-corrected chi connectivity index (χ0v) is 17.4. The molecule has 4 rings (SSSR count). The molecule has 2 atom stereocenters. The third-order valence-electron chi connectivity index (χ3n) is 6.36. The normalized spacial score (nSPS) is 23.1. The first kappa shape index (κ1) is 20.0. The number of carbonyl (C=O) groups excluding carboxylic acids is 1. The number of hydrogen-bond acceptors (Lipinski definition) is 3. The molecule has 1 aromatic heterocycles. The predicted molar refractivity (Wildman–Crippen MR) is 118 cm³/mol. The molecule has 3 heterocycles. The molecule has 2 fully saturated rings. The number of fused-ring (bicyclic) bond motifs is 1. The lowest BCUT2D eigenvalue weighted by Crippen LogP contribution is -2.45. The lowest BCUT2D eigenvalue weighted by Gasteiger charge is -2.31. The van der Waals surface area contributed by atoms with E-state index in [0.29, 0.717) is 24.3 Å². The lowest BCUT2D eigenvalue weighted by atomic mass is 9.97. The Labute approximate surface area is 172 Å². The monoisotopic (exact) mass is 395 g/mol. The second kappa shape index (κ2) is 8.99. The highest BCUT2D eigenvalue weighted by Gasteiger charge is 2.33. The van der Waals surface area contributed by atoms with Crippen molar-refractivity contribution in [3.8, 4) is 0 Å². The Morgan fingerprint density at radius 2 is 2.17 bits per heavy atom. The van der Waals surface area contributed by atoms with Crippen LogP contribution in [0.3, 0.4) is 0 Å². The van der Waals surface area contributed by atoms with Gasteiger partial charge < -0.3 is 20.9 Å². The predicted octanol–water partition coefficient (Wildman–Crippen LogP) is 2.82. The number of carbonyl (C=O) groups is 1. The fourth-order valence-electron chi connectivity index (χ4n) is 4.79. The number of aliphatic imine (C=N–C) groups is 1. The number of nitrogens with two attached hydrogens (primary N) is 1. The molecule has 0 radical (unpaired) electrons. The maximum absolute atomic E-state index is 13.0. The van der Waals surface area contributed by atoms with Gasteiger partial charge in [-0.3, -0.25) is 9.79 Å². The van der Waals surface area contributed by atoms with Gasteiger partial charge in [-0.25, -0.2) is 0 Å². The topological polar surface area (TPSA) is 86.5 Å². The van der Waals surface area contributed by atoms with E-state index in [4.69, 9.17) is 5.73 Å². The highest BCUT2D eigenvalue weighted by molar-refractivity contribution is 6.00. The average Bonchev–Trinajstić information content (AvgIpc) is 3.38. The van der Waals surface area contributed by atoms with Crippen LogP contribution in [0, 0.1) is 5.92 Å². The first-order valence-corrected chi connectivity index (χ1v) is 11.1. The summed E-state index contributed by atoms with van der Waals surface area (Å²) in [7, 11) is 0. The lowest BCUT2D eigenvalue weighted by molar-refractivity contribution is -0.137. The fraction of sp³-hybridized carbons (Fsp3) is 0.565. The minimum Gasteiger partial charge on any atom is -0.384 e. The Morgan fingerprint density at radius 1 is 1.28 bits per heavy atom. The van der Waals surface area contributed by atoms with Gasteiger partial charge in [-0.05, 0) is 69.5 Å². The fourth-order valence-corrected chi connectivity index (χ4v) is 4.79. The summed E-state index contributed by atoms with van der Waals surface area (Å²) in [6.07, 6.45) is 6.37. The van der Waals surface area contributed by atoms with Gasteiger partial charge in [0.15, 0.2) is 0 Å². The van der Waals surface area contributed by atoms with Crippen LogP contribution >= 0.6 is 0 Å². The van der Waals surface area contributed by atoms with Gasteiger partial charge >= 0.3 is 0 Å². The van der Waals surface area contributed by atoms with Gasteiger partial charge in [0.25, 0.3) is 0 Å². The Hall–Kier alpha value is -2.34. The van der Waals surface area contributed by atoms with Crippen molar-refractivity contribution < 1.29 is 4.79 Å². The Kier molecular flexibility index (Phi) is 6.19. The number of aromatic amines is 1. The zero-order valence-electron chi connectivity index (χ0n) is 17.4. The van der Waals surface area contributed by atoms with Crippen LogP contribution in [-0.2, 0) is 11.2 Å². The number of benzene rings is 1. The number of likely N-dealkylation sites (tertiary alicyclic amines) is 1. The summed E-state index contributed by atoms with van der Waals surface area (Å²) in [4.78, 5) is 23.0. The Bertz CT molecular complexity index is 881. The summed E-state index contributed by atoms with van der Waals surface area (Å²) >= 11 is 0. The van der Waals surface area contributed by atoms with Crippen LogP contribution in [0.4, 0.5) is 0 Å². The first-order valence-electron chi connectivity index (χ1n) is 11.1. The minimum atomic E-state index is 0.172. The number of nitrogens with one attached hydrogen (secondary N) is 2. The van der Waals surface area contributed by atoms with Crippen LogP contribution < -0.4 is 11.1 Å². The summed E-state index contributed by atoms with van der Waals surface area (Å²) in [5.41, 5.74) is 9.32. The molecule has 0 aliphatic carbocycles.